The van der Waals surface area contributed by atoms with Crippen LogP contribution in [0.5, 0.6) is 0 Å². The maximum atomic E-state index is 12.3. The van der Waals surface area contributed by atoms with Crippen LogP contribution in [-0.2, 0) is 11.2 Å². The third kappa shape index (κ3) is 3.64. The van der Waals surface area contributed by atoms with E-state index in [0.29, 0.717) is 18.2 Å². The Balaban J connectivity index is 2.06. The zero-order valence-corrected chi connectivity index (χ0v) is 11.9. The molecule has 0 aliphatic rings. The van der Waals surface area contributed by atoms with Crippen molar-refractivity contribution in [2.24, 2.45) is 0 Å². The van der Waals surface area contributed by atoms with Gasteiger partial charge in [-0.25, -0.2) is 0 Å². The number of nitrogens with one attached hydrogen (secondary N) is 2. The molecule has 6 heteroatoms. The molecule has 1 aromatic heterocycles. The second kappa shape index (κ2) is 6.29. The molecule has 0 aliphatic carbocycles. The molecule has 1 amide bonds. The smallest absolute Gasteiger partial charge is 0.248 e. The van der Waals surface area contributed by atoms with Crippen molar-refractivity contribution in [1.82, 2.24) is 20.1 Å². The number of aromatic nitrogens is 3. The molecule has 2 rings (SSSR count). The minimum absolute atomic E-state index is 0.113. The van der Waals surface area contributed by atoms with Gasteiger partial charge in [0.05, 0.1) is 6.04 Å². The molecule has 106 valence electrons. The number of aryl methyl sites for hydroxylation is 1. The first-order valence-corrected chi connectivity index (χ1v) is 6.46. The average molecular weight is 273 g/mol. The molecular formula is C14H19N5O. The number of benzene rings is 1. The number of rotatable bonds is 5. The Bertz CT molecular complexity index is 564. The summed E-state index contributed by atoms with van der Waals surface area (Å²) in [6.07, 6.45) is 0.642. The molecule has 0 radical (unpaired) electrons. The van der Waals surface area contributed by atoms with Gasteiger partial charge in [-0.05, 0) is 33.0 Å². The third-order valence-electron chi connectivity index (χ3n) is 3.03. The molecule has 1 aromatic carbocycles. The molecule has 1 heterocycles. The third-order valence-corrected chi connectivity index (χ3v) is 3.03. The van der Waals surface area contributed by atoms with E-state index in [0.717, 1.165) is 5.56 Å². The zero-order chi connectivity index (χ0) is 14.5. The van der Waals surface area contributed by atoms with Gasteiger partial charge in [0.1, 0.15) is 5.82 Å². The van der Waals surface area contributed by atoms with Crippen LogP contribution < -0.4 is 5.32 Å². The maximum absolute atomic E-state index is 12.3. The van der Waals surface area contributed by atoms with Crippen molar-refractivity contribution in [3.8, 4) is 0 Å². The van der Waals surface area contributed by atoms with Crippen LogP contribution in [-0.4, -0.2) is 46.1 Å². The molecule has 20 heavy (non-hydrogen) atoms. The lowest BCUT2D eigenvalue weighted by molar-refractivity contribution is -0.120. The number of anilines is 1. The highest BCUT2D eigenvalue weighted by Crippen LogP contribution is 2.09. The number of hydrogen-bond acceptors (Lipinski definition) is 4. The Kier molecular flexibility index (Phi) is 4.47. The van der Waals surface area contributed by atoms with E-state index >= 15 is 0 Å². The highest BCUT2D eigenvalue weighted by Gasteiger charge is 2.22. The summed E-state index contributed by atoms with van der Waals surface area (Å²) in [6, 6.07) is 9.67. The Hall–Kier alpha value is -2.21. The quantitative estimate of drug-likeness (QED) is 0.859. The van der Waals surface area contributed by atoms with Crippen LogP contribution in [0.4, 0.5) is 5.95 Å². The molecule has 0 aliphatic heterocycles. The number of carbonyl (C=O) groups is 1. The largest absolute Gasteiger partial charge is 0.298 e. The summed E-state index contributed by atoms with van der Waals surface area (Å²) in [5.41, 5.74) is 1.12. The minimum atomic E-state index is -0.267. The summed E-state index contributed by atoms with van der Waals surface area (Å²) in [4.78, 5) is 18.3. The van der Waals surface area contributed by atoms with Crippen molar-refractivity contribution in [1.29, 1.82) is 0 Å². The first-order valence-electron chi connectivity index (χ1n) is 6.46. The highest BCUT2D eigenvalue weighted by molar-refractivity contribution is 5.93. The molecule has 0 fully saturated rings. The van der Waals surface area contributed by atoms with Crippen molar-refractivity contribution < 1.29 is 4.79 Å². The normalized spacial score (nSPS) is 12.4. The van der Waals surface area contributed by atoms with Crippen molar-refractivity contribution in [2.75, 3.05) is 19.4 Å². The molecule has 0 bridgehead atoms. The van der Waals surface area contributed by atoms with Gasteiger partial charge in [0.2, 0.25) is 11.9 Å². The highest BCUT2D eigenvalue weighted by atomic mass is 16.2. The second-order valence-electron chi connectivity index (χ2n) is 4.90. The fraction of sp³-hybridized carbons (Fsp3) is 0.357. The van der Waals surface area contributed by atoms with E-state index < -0.39 is 0 Å². The first-order chi connectivity index (χ1) is 9.56. The van der Waals surface area contributed by atoms with E-state index in [1.165, 1.54) is 0 Å². The minimum Gasteiger partial charge on any atom is -0.298 e. The number of amides is 1. The van der Waals surface area contributed by atoms with Gasteiger partial charge in [-0.15, -0.1) is 5.10 Å². The summed E-state index contributed by atoms with van der Waals surface area (Å²) >= 11 is 0. The first kappa shape index (κ1) is 14.2. The number of hydrogen-bond donors (Lipinski definition) is 2. The standard InChI is InChI=1S/C14H19N5O/c1-10-15-14(18-17-10)16-13(20)12(19(2)3)9-11-7-5-4-6-8-11/h4-8,12H,9H2,1-3H3,(H2,15,16,17,18,20). The average Bonchev–Trinajstić information content (AvgIpc) is 2.82. The van der Waals surface area contributed by atoms with E-state index in [9.17, 15) is 4.79 Å². The fourth-order valence-corrected chi connectivity index (χ4v) is 1.94. The molecule has 2 N–H and O–H groups in total. The fourth-order valence-electron chi connectivity index (χ4n) is 1.94. The molecule has 1 unspecified atom stereocenters. The van der Waals surface area contributed by atoms with Crippen molar-refractivity contribution in [3.63, 3.8) is 0 Å². The Morgan fingerprint density at radius 3 is 2.60 bits per heavy atom. The van der Waals surface area contributed by atoms with E-state index in [4.69, 9.17) is 0 Å². The molecule has 0 saturated heterocycles. The molecule has 6 nitrogen and oxygen atoms in total. The predicted molar refractivity (Wildman–Crippen MR) is 77.4 cm³/mol. The molecule has 1 atom stereocenters. The predicted octanol–water partition coefficient (Wildman–Crippen LogP) is 1.22. The van der Waals surface area contributed by atoms with Crippen LogP contribution in [0.1, 0.15) is 11.4 Å². The molecule has 0 saturated carbocycles. The summed E-state index contributed by atoms with van der Waals surface area (Å²) < 4.78 is 0. The summed E-state index contributed by atoms with van der Waals surface area (Å²) in [5, 5.41) is 9.35. The van der Waals surface area contributed by atoms with Crippen molar-refractivity contribution in [2.45, 2.75) is 19.4 Å². The summed E-state index contributed by atoms with van der Waals surface area (Å²) in [6.45, 7) is 1.79. The number of H-pyrrole nitrogens is 1. The van der Waals surface area contributed by atoms with Crippen LogP contribution >= 0.6 is 0 Å². The van der Waals surface area contributed by atoms with E-state index in [-0.39, 0.29) is 11.9 Å². The van der Waals surface area contributed by atoms with Gasteiger partial charge in [-0.3, -0.25) is 20.1 Å². The van der Waals surface area contributed by atoms with E-state index in [1.54, 1.807) is 6.92 Å². The Labute approximate surface area is 118 Å². The lowest BCUT2D eigenvalue weighted by Gasteiger charge is -2.22. The number of aromatic amines is 1. The van der Waals surface area contributed by atoms with Gasteiger partial charge in [0, 0.05) is 0 Å². The lowest BCUT2D eigenvalue weighted by atomic mass is 10.0. The second-order valence-corrected chi connectivity index (χ2v) is 4.90. The van der Waals surface area contributed by atoms with Crippen LogP contribution in [0.25, 0.3) is 0 Å². The SMILES string of the molecule is Cc1nc(NC(=O)C(Cc2ccccc2)N(C)C)n[nH]1. The van der Waals surface area contributed by atoms with Crippen molar-refractivity contribution in [3.05, 3.63) is 41.7 Å². The summed E-state index contributed by atoms with van der Waals surface area (Å²) in [5.74, 6) is 0.870. The molecule has 0 spiro atoms. The van der Waals surface area contributed by atoms with Crippen molar-refractivity contribution >= 4 is 11.9 Å². The van der Waals surface area contributed by atoms with Gasteiger partial charge >= 0.3 is 0 Å². The van der Waals surface area contributed by atoms with Gasteiger partial charge in [-0.2, -0.15) is 4.98 Å². The van der Waals surface area contributed by atoms with Crippen LogP contribution in [0.15, 0.2) is 30.3 Å². The van der Waals surface area contributed by atoms with E-state index in [2.05, 4.69) is 20.5 Å². The van der Waals surface area contributed by atoms with Gasteiger partial charge < -0.3 is 0 Å². The number of carbonyl (C=O) groups excluding carboxylic acids is 1. The summed E-state index contributed by atoms with van der Waals surface area (Å²) in [7, 11) is 3.77. The van der Waals surface area contributed by atoms with Crippen LogP contribution in [0, 0.1) is 6.92 Å². The molecule has 2 aromatic rings. The number of likely N-dealkylation sites (N-methyl/N-ethyl adjacent to an activating group) is 1. The molecular weight excluding hydrogens is 254 g/mol. The Morgan fingerprint density at radius 2 is 2.05 bits per heavy atom. The van der Waals surface area contributed by atoms with E-state index in [1.807, 2.05) is 49.3 Å². The van der Waals surface area contributed by atoms with Gasteiger partial charge in [0.15, 0.2) is 0 Å². The van der Waals surface area contributed by atoms with Gasteiger partial charge in [-0.1, -0.05) is 30.3 Å². The van der Waals surface area contributed by atoms with Crippen LogP contribution in [0.3, 0.4) is 0 Å². The number of nitrogens with zero attached hydrogens (tertiary/aromatic N) is 3. The monoisotopic (exact) mass is 273 g/mol. The van der Waals surface area contributed by atoms with Crippen LogP contribution in [0.2, 0.25) is 0 Å². The van der Waals surface area contributed by atoms with Gasteiger partial charge in [0.25, 0.3) is 0 Å². The topological polar surface area (TPSA) is 73.9 Å². The zero-order valence-electron chi connectivity index (χ0n) is 11.9. The lowest BCUT2D eigenvalue weighted by Crippen LogP contribution is -2.41. The maximum Gasteiger partial charge on any atom is 0.248 e. The Morgan fingerprint density at radius 1 is 1.35 bits per heavy atom.